The number of amides is 2. The smallest absolute Gasteiger partial charge is 0.253 e. The van der Waals surface area contributed by atoms with Crippen molar-refractivity contribution in [3.63, 3.8) is 0 Å². The van der Waals surface area contributed by atoms with E-state index in [1.54, 1.807) is 11.0 Å². The summed E-state index contributed by atoms with van der Waals surface area (Å²) in [6.45, 7) is 1.65. The minimum Gasteiger partial charge on any atom is -0.341 e. The lowest BCUT2D eigenvalue weighted by Crippen LogP contribution is -2.43. The standard InChI is InChI=1S/C16H21N3O2.ClH/c1-19-9-7-11-5-6-12(10-13(11)16(19)21)18-15(20)14-4-2-3-8-17-14;/h5-6,10,14,17H,2-4,7-9H2,1H3,(H,18,20);1H. The molecule has 0 saturated carbocycles. The van der Waals surface area contributed by atoms with Crippen LogP contribution in [0.15, 0.2) is 18.2 Å². The molecule has 120 valence electrons. The summed E-state index contributed by atoms with van der Waals surface area (Å²) < 4.78 is 0. The van der Waals surface area contributed by atoms with Gasteiger partial charge in [-0.15, -0.1) is 12.4 Å². The van der Waals surface area contributed by atoms with Gasteiger partial charge in [0.2, 0.25) is 5.91 Å². The molecule has 2 aliphatic rings. The number of hydrogen-bond donors (Lipinski definition) is 2. The molecule has 1 aromatic carbocycles. The van der Waals surface area contributed by atoms with Crippen molar-refractivity contribution in [2.45, 2.75) is 31.7 Å². The number of carbonyl (C=O) groups is 2. The molecule has 1 atom stereocenters. The van der Waals surface area contributed by atoms with Gasteiger partial charge >= 0.3 is 0 Å². The normalized spacial score (nSPS) is 20.9. The van der Waals surface area contributed by atoms with Crippen molar-refractivity contribution in [3.05, 3.63) is 29.3 Å². The molecule has 0 aromatic heterocycles. The molecule has 1 unspecified atom stereocenters. The van der Waals surface area contributed by atoms with Gasteiger partial charge in [-0.25, -0.2) is 0 Å². The summed E-state index contributed by atoms with van der Waals surface area (Å²) in [7, 11) is 1.81. The molecule has 2 N–H and O–H groups in total. The number of benzene rings is 1. The fourth-order valence-corrected chi connectivity index (χ4v) is 2.97. The maximum absolute atomic E-state index is 12.2. The Labute approximate surface area is 136 Å². The average Bonchev–Trinajstić information content (AvgIpc) is 2.52. The molecule has 1 fully saturated rings. The highest BCUT2D eigenvalue weighted by Gasteiger charge is 2.23. The summed E-state index contributed by atoms with van der Waals surface area (Å²) in [5.41, 5.74) is 2.47. The molecule has 3 rings (SSSR count). The Hall–Kier alpha value is -1.59. The zero-order valence-electron chi connectivity index (χ0n) is 12.7. The van der Waals surface area contributed by atoms with Gasteiger partial charge in [-0.2, -0.15) is 0 Å². The Balaban J connectivity index is 0.00000176. The van der Waals surface area contributed by atoms with Crippen LogP contribution >= 0.6 is 12.4 Å². The number of piperidine rings is 1. The quantitative estimate of drug-likeness (QED) is 0.872. The average molecular weight is 324 g/mol. The van der Waals surface area contributed by atoms with Gasteiger partial charge in [-0.1, -0.05) is 12.5 Å². The van der Waals surface area contributed by atoms with Crippen LogP contribution in [0.25, 0.3) is 0 Å². The van der Waals surface area contributed by atoms with Gasteiger partial charge in [0.05, 0.1) is 6.04 Å². The van der Waals surface area contributed by atoms with Crippen LogP contribution in [0.4, 0.5) is 5.69 Å². The summed E-state index contributed by atoms with van der Waals surface area (Å²) in [5, 5.41) is 6.16. The fraction of sp³-hybridized carbons (Fsp3) is 0.500. The van der Waals surface area contributed by atoms with E-state index in [1.807, 2.05) is 19.2 Å². The van der Waals surface area contributed by atoms with E-state index in [4.69, 9.17) is 0 Å². The second-order valence-corrected chi connectivity index (χ2v) is 5.84. The number of rotatable bonds is 2. The molecule has 1 aromatic rings. The van der Waals surface area contributed by atoms with Crippen LogP contribution in [-0.2, 0) is 11.2 Å². The zero-order valence-corrected chi connectivity index (χ0v) is 13.5. The minimum atomic E-state index is -0.117. The molecule has 1 saturated heterocycles. The molecule has 0 aliphatic carbocycles. The second-order valence-electron chi connectivity index (χ2n) is 5.84. The molecule has 6 heteroatoms. The van der Waals surface area contributed by atoms with Crippen LogP contribution in [0.5, 0.6) is 0 Å². The van der Waals surface area contributed by atoms with Crippen LogP contribution < -0.4 is 10.6 Å². The van der Waals surface area contributed by atoms with Gasteiger partial charge in [-0.3, -0.25) is 9.59 Å². The van der Waals surface area contributed by atoms with Crippen molar-refractivity contribution in [1.82, 2.24) is 10.2 Å². The lowest BCUT2D eigenvalue weighted by molar-refractivity contribution is -0.118. The second kappa shape index (κ2) is 7.11. The maximum atomic E-state index is 12.2. The Kier molecular flexibility index (Phi) is 5.42. The third-order valence-corrected chi connectivity index (χ3v) is 4.30. The summed E-state index contributed by atoms with van der Waals surface area (Å²) in [6.07, 6.45) is 3.95. The number of halogens is 1. The van der Waals surface area contributed by atoms with Crippen LogP contribution in [0.1, 0.15) is 35.2 Å². The van der Waals surface area contributed by atoms with E-state index >= 15 is 0 Å². The maximum Gasteiger partial charge on any atom is 0.253 e. The molecule has 2 aliphatic heterocycles. The summed E-state index contributed by atoms with van der Waals surface area (Å²) in [4.78, 5) is 26.1. The van der Waals surface area contributed by atoms with E-state index in [1.165, 1.54) is 0 Å². The summed E-state index contributed by atoms with van der Waals surface area (Å²) in [6, 6.07) is 5.52. The van der Waals surface area contributed by atoms with Gasteiger partial charge in [0.25, 0.3) is 5.91 Å². The van der Waals surface area contributed by atoms with Crippen LogP contribution in [0.2, 0.25) is 0 Å². The van der Waals surface area contributed by atoms with E-state index in [0.29, 0.717) is 11.3 Å². The van der Waals surface area contributed by atoms with Crippen LogP contribution in [-0.4, -0.2) is 42.9 Å². The Bertz CT molecular complexity index is 571. The molecule has 0 bridgehead atoms. The number of anilines is 1. The van der Waals surface area contributed by atoms with E-state index < -0.39 is 0 Å². The Morgan fingerprint density at radius 2 is 2.18 bits per heavy atom. The van der Waals surface area contributed by atoms with Gasteiger partial charge in [0.1, 0.15) is 0 Å². The third kappa shape index (κ3) is 3.42. The monoisotopic (exact) mass is 323 g/mol. The highest BCUT2D eigenvalue weighted by molar-refractivity contribution is 6.00. The van der Waals surface area contributed by atoms with Gasteiger partial charge < -0.3 is 15.5 Å². The van der Waals surface area contributed by atoms with Crippen LogP contribution in [0, 0.1) is 0 Å². The van der Waals surface area contributed by atoms with E-state index in [9.17, 15) is 9.59 Å². The first-order valence-corrected chi connectivity index (χ1v) is 7.58. The largest absolute Gasteiger partial charge is 0.341 e. The number of fused-ring (bicyclic) bond motifs is 1. The Morgan fingerprint density at radius 1 is 1.36 bits per heavy atom. The summed E-state index contributed by atoms with van der Waals surface area (Å²) in [5.74, 6) is 0.0226. The molecule has 2 amide bonds. The first-order chi connectivity index (χ1) is 10.1. The van der Waals surface area contributed by atoms with Crippen molar-refractivity contribution in [1.29, 1.82) is 0 Å². The fourth-order valence-electron chi connectivity index (χ4n) is 2.97. The first-order valence-electron chi connectivity index (χ1n) is 7.58. The van der Waals surface area contributed by atoms with Crippen molar-refractivity contribution in [2.24, 2.45) is 0 Å². The highest BCUT2D eigenvalue weighted by atomic mass is 35.5. The van der Waals surface area contributed by atoms with Crippen molar-refractivity contribution >= 4 is 29.9 Å². The van der Waals surface area contributed by atoms with Crippen molar-refractivity contribution in [3.8, 4) is 0 Å². The molecule has 2 heterocycles. The molecule has 5 nitrogen and oxygen atoms in total. The highest BCUT2D eigenvalue weighted by Crippen LogP contribution is 2.22. The van der Waals surface area contributed by atoms with E-state index in [2.05, 4.69) is 10.6 Å². The Morgan fingerprint density at radius 3 is 2.91 bits per heavy atom. The minimum absolute atomic E-state index is 0. The lowest BCUT2D eigenvalue weighted by atomic mass is 9.98. The molecular weight excluding hydrogens is 302 g/mol. The SMILES string of the molecule is CN1CCc2ccc(NC(=O)C3CCCCN3)cc2C1=O.Cl. The van der Waals surface area contributed by atoms with E-state index in [0.717, 1.165) is 44.3 Å². The van der Waals surface area contributed by atoms with Gasteiger partial charge in [-0.05, 0) is 43.5 Å². The number of likely N-dealkylation sites (N-methyl/N-ethyl adjacent to an activating group) is 1. The number of carbonyl (C=O) groups excluding carboxylic acids is 2. The predicted octanol–water partition coefficient (Wildman–Crippen LogP) is 1.82. The molecular formula is C16H22ClN3O2. The number of nitrogens with one attached hydrogen (secondary N) is 2. The zero-order chi connectivity index (χ0) is 14.8. The summed E-state index contributed by atoms with van der Waals surface area (Å²) >= 11 is 0. The third-order valence-electron chi connectivity index (χ3n) is 4.30. The topological polar surface area (TPSA) is 61.4 Å². The number of nitrogens with zero attached hydrogens (tertiary/aromatic N) is 1. The first kappa shape index (κ1) is 16.8. The van der Waals surface area contributed by atoms with Crippen molar-refractivity contribution in [2.75, 3.05) is 25.5 Å². The molecule has 0 spiro atoms. The van der Waals surface area contributed by atoms with Crippen molar-refractivity contribution < 1.29 is 9.59 Å². The lowest BCUT2D eigenvalue weighted by Gasteiger charge is -2.26. The number of hydrogen-bond acceptors (Lipinski definition) is 3. The van der Waals surface area contributed by atoms with E-state index in [-0.39, 0.29) is 30.3 Å². The van der Waals surface area contributed by atoms with Gasteiger partial charge in [0, 0.05) is 24.8 Å². The predicted molar refractivity (Wildman–Crippen MR) is 88.6 cm³/mol. The van der Waals surface area contributed by atoms with Crippen LogP contribution in [0.3, 0.4) is 0 Å². The molecule has 22 heavy (non-hydrogen) atoms. The molecule has 0 radical (unpaired) electrons. The van der Waals surface area contributed by atoms with Gasteiger partial charge in [0.15, 0.2) is 0 Å².